The first kappa shape index (κ1) is 15.5. The molecule has 5 nitrogen and oxygen atoms in total. The predicted molar refractivity (Wildman–Crippen MR) is 80.8 cm³/mol. The fourth-order valence-electron chi connectivity index (χ4n) is 2.00. The van der Waals surface area contributed by atoms with Gasteiger partial charge in [-0.05, 0) is 37.1 Å². The molecule has 0 saturated carbocycles. The van der Waals surface area contributed by atoms with Gasteiger partial charge in [-0.2, -0.15) is 0 Å². The molecule has 0 radical (unpaired) electrons. The molecule has 1 aromatic carbocycles. The maximum absolute atomic E-state index is 12.2. The molecule has 0 spiro atoms. The third-order valence-corrected chi connectivity index (χ3v) is 4.61. The molecule has 0 aliphatic heterocycles. The van der Waals surface area contributed by atoms with Crippen LogP contribution in [-0.2, 0) is 23.5 Å². The summed E-state index contributed by atoms with van der Waals surface area (Å²) in [4.78, 5) is 11.4. The van der Waals surface area contributed by atoms with Crippen LogP contribution in [0.4, 0.5) is 0 Å². The van der Waals surface area contributed by atoms with Crippen molar-refractivity contribution in [3.63, 3.8) is 0 Å². The van der Waals surface area contributed by atoms with Crippen molar-refractivity contribution in [2.45, 2.75) is 18.2 Å². The van der Waals surface area contributed by atoms with E-state index in [4.69, 9.17) is 0 Å². The largest absolute Gasteiger partial charge is 0.357 e. The first-order valence-corrected chi connectivity index (χ1v) is 8.08. The maximum Gasteiger partial charge on any atom is 0.240 e. The van der Waals surface area contributed by atoms with Crippen LogP contribution in [0.15, 0.2) is 47.6 Å². The van der Waals surface area contributed by atoms with Gasteiger partial charge in [0, 0.05) is 31.5 Å². The molecule has 0 unspecified atom stereocenters. The number of rotatable bonds is 6. The molecule has 6 heteroatoms. The van der Waals surface area contributed by atoms with E-state index in [-0.39, 0.29) is 10.7 Å². The van der Waals surface area contributed by atoms with Gasteiger partial charge in [-0.25, -0.2) is 13.1 Å². The van der Waals surface area contributed by atoms with Crippen LogP contribution in [0.3, 0.4) is 0 Å². The molecule has 21 heavy (non-hydrogen) atoms. The standard InChI is InChI=1S/C15H18N2O3S/c1-12(18)14-4-3-5-15(10-14)21(19,20)16-8-6-13-7-9-17(2)11-13/h3-5,7,9-11,16H,6,8H2,1-2H3. The molecule has 0 saturated heterocycles. The van der Waals surface area contributed by atoms with Gasteiger partial charge in [0.1, 0.15) is 0 Å². The van der Waals surface area contributed by atoms with Gasteiger partial charge in [0.2, 0.25) is 10.0 Å². The lowest BCUT2D eigenvalue weighted by atomic mass is 10.2. The van der Waals surface area contributed by atoms with Crippen molar-refractivity contribution in [3.05, 3.63) is 53.9 Å². The Morgan fingerprint density at radius 2 is 2.05 bits per heavy atom. The second-order valence-corrected chi connectivity index (χ2v) is 6.68. The summed E-state index contributed by atoms with van der Waals surface area (Å²) in [6.45, 7) is 1.73. The first-order chi connectivity index (χ1) is 9.88. The summed E-state index contributed by atoms with van der Waals surface area (Å²) >= 11 is 0. The molecule has 1 heterocycles. The Bertz CT molecular complexity index is 748. The molecule has 0 bridgehead atoms. The zero-order chi connectivity index (χ0) is 15.5. The number of ketones is 1. The third kappa shape index (κ3) is 4.03. The third-order valence-electron chi connectivity index (χ3n) is 3.15. The van der Waals surface area contributed by atoms with Crippen molar-refractivity contribution in [2.24, 2.45) is 7.05 Å². The van der Waals surface area contributed by atoms with E-state index >= 15 is 0 Å². The maximum atomic E-state index is 12.2. The SMILES string of the molecule is CC(=O)c1cccc(S(=O)(=O)NCCc2ccn(C)c2)c1. The van der Waals surface area contributed by atoms with E-state index in [1.54, 1.807) is 12.1 Å². The van der Waals surface area contributed by atoms with Gasteiger partial charge in [-0.1, -0.05) is 12.1 Å². The van der Waals surface area contributed by atoms with Gasteiger partial charge >= 0.3 is 0 Å². The number of sulfonamides is 1. The van der Waals surface area contributed by atoms with Crippen LogP contribution in [-0.4, -0.2) is 25.3 Å². The quantitative estimate of drug-likeness (QED) is 0.827. The summed E-state index contributed by atoms with van der Waals surface area (Å²) in [5.74, 6) is -0.156. The van der Waals surface area contributed by atoms with Gasteiger partial charge in [0.25, 0.3) is 0 Å². The van der Waals surface area contributed by atoms with Gasteiger partial charge in [0.05, 0.1) is 4.90 Å². The monoisotopic (exact) mass is 306 g/mol. The number of aromatic nitrogens is 1. The van der Waals surface area contributed by atoms with Crippen molar-refractivity contribution >= 4 is 15.8 Å². The van der Waals surface area contributed by atoms with E-state index in [9.17, 15) is 13.2 Å². The van der Waals surface area contributed by atoms with E-state index < -0.39 is 10.0 Å². The molecule has 112 valence electrons. The van der Waals surface area contributed by atoms with Gasteiger partial charge in [0.15, 0.2) is 5.78 Å². The number of Topliss-reactive ketones (excluding diaryl/α,β-unsaturated/α-hetero) is 1. The minimum absolute atomic E-state index is 0.114. The highest BCUT2D eigenvalue weighted by atomic mass is 32.2. The topological polar surface area (TPSA) is 68.2 Å². The number of aryl methyl sites for hydroxylation is 1. The number of hydrogen-bond acceptors (Lipinski definition) is 3. The van der Waals surface area contributed by atoms with Crippen LogP contribution in [0.5, 0.6) is 0 Å². The van der Waals surface area contributed by atoms with Gasteiger partial charge in [-0.3, -0.25) is 4.79 Å². The smallest absolute Gasteiger partial charge is 0.240 e. The Hall–Kier alpha value is -1.92. The van der Waals surface area contributed by atoms with Crippen LogP contribution in [0.25, 0.3) is 0 Å². The molecular weight excluding hydrogens is 288 g/mol. The molecule has 1 N–H and O–H groups in total. The Labute approximate surface area is 124 Å². The number of hydrogen-bond donors (Lipinski definition) is 1. The first-order valence-electron chi connectivity index (χ1n) is 6.60. The van der Waals surface area contributed by atoms with Crippen molar-refractivity contribution in [1.82, 2.24) is 9.29 Å². The van der Waals surface area contributed by atoms with Crippen LogP contribution in [0.1, 0.15) is 22.8 Å². The molecule has 0 amide bonds. The predicted octanol–water partition coefficient (Wildman–Crippen LogP) is 1.75. The fourth-order valence-corrected chi connectivity index (χ4v) is 3.08. The van der Waals surface area contributed by atoms with Crippen LogP contribution in [0.2, 0.25) is 0 Å². The second kappa shape index (κ2) is 6.24. The number of carbonyl (C=O) groups excluding carboxylic acids is 1. The summed E-state index contributed by atoms with van der Waals surface area (Å²) in [7, 11) is -1.67. The Balaban J connectivity index is 2.04. The van der Waals surface area contributed by atoms with Gasteiger partial charge < -0.3 is 4.57 Å². The van der Waals surface area contributed by atoms with Crippen LogP contribution in [0, 0.1) is 0 Å². The van der Waals surface area contributed by atoms with Gasteiger partial charge in [-0.15, -0.1) is 0 Å². The minimum atomic E-state index is -3.59. The molecule has 0 aliphatic rings. The van der Waals surface area contributed by atoms with Crippen LogP contribution >= 0.6 is 0 Å². The van der Waals surface area contributed by atoms with Crippen molar-refractivity contribution in [1.29, 1.82) is 0 Å². The fraction of sp³-hybridized carbons (Fsp3) is 0.267. The average Bonchev–Trinajstić information content (AvgIpc) is 2.84. The second-order valence-electron chi connectivity index (χ2n) is 4.92. The molecule has 0 aliphatic carbocycles. The summed E-state index contributed by atoms with van der Waals surface area (Å²) in [5, 5.41) is 0. The summed E-state index contributed by atoms with van der Waals surface area (Å²) in [6, 6.07) is 8.00. The van der Waals surface area contributed by atoms with E-state index in [2.05, 4.69) is 4.72 Å². The van der Waals surface area contributed by atoms with Crippen molar-refractivity contribution < 1.29 is 13.2 Å². The highest BCUT2D eigenvalue weighted by molar-refractivity contribution is 7.89. The Kier molecular flexibility index (Phi) is 4.59. The number of benzene rings is 1. The lowest BCUT2D eigenvalue weighted by Crippen LogP contribution is -2.26. The zero-order valence-electron chi connectivity index (χ0n) is 12.0. The van der Waals surface area contributed by atoms with E-state index in [1.807, 2.05) is 30.1 Å². The molecular formula is C15H18N2O3S. The van der Waals surface area contributed by atoms with Crippen molar-refractivity contribution in [3.8, 4) is 0 Å². The summed E-state index contributed by atoms with van der Waals surface area (Å²) < 4.78 is 28.8. The summed E-state index contributed by atoms with van der Waals surface area (Å²) in [6.07, 6.45) is 4.48. The lowest BCUT2D eigenvalue weighted by molar-refractivity contribution is 0.101. The number of nitrogens with zero attached hydrogens (tertiary/aromatic N) is 1. The Morgan fingerprint density at radius 3 is 2.67 bits per heavy atom. The number of nitrogens with one attached hydrogen (secondary N) is 1. The van der Waals surface area contributed by atoms with E-state index in [1.165, 1.54) is 19.1 Å². The molecule has 1 aromatic heterocycles. The van der Waals surface area contributed by atoms with Crippen LogP contribution < -0.4 is 4.72 Å². The molecule has 0 fully saturated rings. The zero-order valence-corrected chi connectivity index (χ0v) is 12.9. The number of carbonyl (C=O) groups is 1. The van der Waals surface area contributed by atoms with Crippen molar-refractivity contribution in [2.75, 3.05) is 6.54 Å². The highest BCUT2D eigenvalue weighted by Crippen LogP contribution is 2.12. The molecule has 2 aromatic rings. The molecule has 2 rings (SSSR count). The lowest BCUT2D eigenvalue weighted by Gasteiger charge is -2.07. The van der Waals surface area contributed by atoms with E-state index in [0.717, 1.165) is 5.56 Å². The normalized spacial score (nSPS) is 11.5. The molecule has 0 atom stereocenters. The highest BCUT2D eigenvalue weighted by Gasteiger charge is 2.14. The average molecular weight is 306 g/mol. The summed E-state index contributed by atoms with van der Waals surface area (Å²) in [5.41, 5.74) is 1.46. The van der Waals surface area contributed by atoms with E-state index in [0.29, 0.717) is 18.5 Å². The minimum Gasteiger partial charge on any atom is -0.357 e. The Morgan fingerprint density at radius 1 is 1.29 bits per heavy atom.